The zero-order valence-corrected chi connectivity index (χ0v) is 16.8. The summed E-state index contributed by atoms with van der Waals surface area (Å²) in [7, 11) is 0. The molecule has 0 aromatic heterocycles. The summed E-state index contributed by atoms with van der Waals surface area (Å²) in [5, 5.41) is 2.49. The number of rotatable bonds is 16. The Kier molecular flexibility index (Phi) is 12.7. The quantitative estimate of drug-likeness (QED) is 0.267. The van der Waals surface area contributed by atoms with Crippen molar-refractivity contribution >= 4 is 11.8 Å². The fourth-order valence-electron chi connectivity index (χ4n) is 4.04. The molecule has 0 bridgehead atoms. The number of hydrogen-bond acceptors (Lipinski definition) is 2. The van der Waals surface area contributed by atoms with Crippen LogP contribution in [-0.2, 0) is 9.59 Å². The van der Waals surface area contributed by atoms with Crippen molar-refractivity contribution in [3.05, 3.63) is 0 Å². The molecule has 3 nitrogen and oxygen atoms in total. The number of hydrogen-bond donors (Lipinski definition) is 1. The standard InChI is InChI=1S/C22H41NO2/c1-3-5-7-8-9-10-11-12-13-14-15-17-19(16-6-4-2)20-18-21(24)23-22(20)25/h19-20H,3-18H2,1-2H3,(H,23,24,25). The Morgan fingerprint density at radius 3 is 1.72 bits per heavy atom. The molecule has 0 saturated carbocycles. The lowest BCUT2D eigenvalue weighted by Crippen LogP contribution is -2.26. The number of imide groups is 1. The van der Waals surface area contributed by atoms with Gasteiger partial charge in [0, 0.05) is 12.3 Å². The van der Waals surface area contributed by atoms with E-state index in [-0.39, 0.29) is 17.7 Å². The van der Waals surface area contributed by atoms with Gasteiger partial charge in [-0.05, 0) is 18.8 Å². The Bertz CT molecular complexity index is 367. The van der Waals surface area contributed by atoms with Crippen LogP contribution in [0.15, 0.2) is 0 Å². The molecule has 0 aliphatic carbocycles. The highest BCUT2D eigenvalue weighted by molar-refractivity contribution is 6.03. The number of carbonyl (C=O) groups excluding carboxylic acids is 2. The highest BCUT2D eigenvalue weighted by Gasteiger charge is 2.35. The second kappa shape index (κ2) is 14.3. The predicted octanol–water partition coefficient (Wildman–Crippen LogP) is 6.16. The minimum atomic E-state index is -0.0737. The highest BCUT2D eigenvalue weighted by Crippen LogP contribution is 2.30. The van der Waals surface area contributed by atoms with Crippen molar-refractivity contribution in [1.29, 1.82) is 0 Å². The van der Waals surface area contributed by atoms with Crippen molar-refractivity contribution in [2.45, 2.75) is 117 Å². The third kappa shape index (κ3) is 10.0. The van der Waals surface area contributed by atoms with Gasteiger partial charge in [-0.15, -0.1) is 0 Å². The summed E-state index contributed by atoms with van der Waals surface area (Å²) in [6.45, 7) is 4.46. The van der Waals surface area contributed by atoms with E-state index in [4.69, 9.17) is 0 Å². The van der Waals surface area contributed by atoms with E-state index in [0.717, 1.165) is 19.3 Å². The van der Waals surface area contributed by atoms with Gasteiger partial charge < -0.3 is 0 Å². The summed E-state index contributed by atoms with van der Waals surface area (Å²) in [5.41, 5.74) is 0. The van der Waals surface area contributed by atoms with Crippen LogP contribution in [0.5, 0.6) is 0 Å². The van der Waals surface area contributed by atoms with Gasteiger partial charge >= 0.3 is 0 Å². The third-order valence-corrected chi connectivity index (χ3v) is 5.68. The molecule has 0 radical (unpaired) electrons. The molecule has 2 amide bonds. The SMILES string of the molecule is CCCCCCCCCCCCCC(CCCC)C1CC(=O)NC1=O. The average Bonchev–Trinajstić information content (AvgIpc) is 2.93. The van der Waals surface area contributed by atoms with Crippen molar-refractivity contribution in [3.63, 3.8) is 0 Å². The molecule has 1 saturated heterocycles. The van der Waals surface area contributed by atoms with Gasteiger partial charge in [0.2, 0.25) is 11.8 Å². The number of carbonyl (C=O) groups is 2. The summed E-state index contributed by atoms with van der Waals surface area (Å²) >= 11 is 0. The van der Waals surface area contributed by atoms with Gasteiger partial charge in [-0.2, -0.15) is 0 Å². The third-order valence-electron chi connectivity index (χ3n) is 5.68. The van der Waals surface area contributed by atoms with Crippen LogP contribution >= 0.6 is 0 Å². The van der Waals surface area contributed by atoms with Gasteiger partial charge in [-0.1, -0.05) is 97.3 Å². The topological polar surface area (TPSA) is 46.2 Å². The Balaban J connectivity index is 2.08. The van der Waals surface area contributed by atoms with E-state index >= 15 is 0 Å². The van der Waals surface area contributed by atoms with Gasteiger partial charge in [-0.25, -0.2) is 0 Å². The highest BCUT2D eigenvalue weighted by atomic mass is 16.2. The summed E-state index contributed by atoms with van der Waals surface area (Å²) in [4.78, 5) is 23.4. The molecule has 0 aromatic rings. The lowest BCUT2D eigenvalue weighted by atomic mass is 9.83. The van der Waals surface area contributed by atoms with Crippen molar-refractivity contribution in [3.8, 4) is 0 Å². The van der Waals surface area contributed by atoms with Crippen LogP contribution in [0.25, 0.3) is 0 Å². The van der Waals surface area contributed by atoms with Crippen LogP contribution in [-0.4, -0.2) is 11.8 Å². The zero-order valence-electron chi connectivity index (χ0n) is 16.8. The monoisotopic (exact) mass is 351 g/mol. The van der Waals surface area contributed by atoms with Crippen molar-refractivity contribution in [2.24, 2.45) is 11.8 Å². The largest absolute Gasteiger partial charge is 0.296 e. The van der Waals surface area contributed by atoms with Crippen molar-refractivity contribution < 1.29 is 9.59 Å². The fourth-order valence-corrected chi connectivity index (χ4v) is 4.04. The maximum Gasteiger partial charge on any atom is 0.230 e. The predicted molar refractivity (Wildman–Crippen MR) is 105 cm³/mol. The molecule has 1 N–H and O–H groups in total. The number of amides is 2. The molecule has 0 aromatic carbocycles. The summed E-state index contributed by atoms with van der Waals surface area (Å²) in [5.74, 6) is 0.261. The molecule has 3 heteroatoms. The lowest BCUT2D eigenvalue weighted by molar-refractivity contribution is -0.126. The van der Waals surface area contributed by atoms with Crippen LogP contribution in [0.2, 0.25) is 0 Å². The lowest BCUT2D eigenvalue weighted by Gasteiger charge is -2.20. The molecule has 146 valence electrons. The molecule has 1 aliphatic heterocycles. The smallest absolute Gasteiger partial charge is 0.230 e. The molecule has 1 fully saturated rings. The molecule has 1 heterocycles. The van der Waals surface area contributed by atoms with Crippen molar-refractivity contribution in [2.75, 3.05) is 0 Å². The van der Waals surface area contributed by atoms with E-state index in [0.29, 0.717) is 12.3 Å². The molecule has 2 unspecified atom stereocenters. The molecule has 0 spiro atoms. The first-order valence-corrected chi connectivity index (χ1v) is 11.0. The normalized spacial score (nSPS) is 18.6. The number of nitrogens with one attached hydrogen (secondary N) is 1. The molecule has 25 heavy (non-hydrogen) atoms. The van der Waals surface area contributed by atoms with Crippen molar-refractivity contribution in [1.82, 2.24) is 5.32 Å². The van der Waals surface area contributed by atoms with E-state index < -0.39 is 0 Å². The molecule has 2 atom stereocenters. The van der Waals surface area contributed by atoms with E-state index in [9.17, 15) is 9.59 Å². The van der Waals surface area contributed by atoms with Crippen LogP contribution in [0.1, 0.15) is 117 Å². The molecular weight excluding hydrogens is 310 g/mol. The Labute approximate surface area is 155 Å². The Morgan fingerprint density at radius 1 is 0.760 bits per heavy atom. The summed E-state index contributed by atoms with van der Waals surface area (Å²) in [6.07, 6.45) is 19.9. The van der Waals surface area contributed by atoms with Gasteiger partial charge in [0.05, 0.1) is 0 Å². The zero-order chi connectivity index (χ0) is 18.3. The average molecular weight is 352 g/mol. The fraction of sp³-hybridized carbons (Fsp3) is 0.909. The first-order valence-electron chi connectivity index (χ1n) is 11.0. The molecule has 1 rings (SSSR count). The Hall–Kier alpha value is -0.860. The van der Waals surface area contributed by atoms with Gasteiger partial charge in [0.15, 0.2) is 0 Å². The maximum atomic E-state index is 12.0. The number of unbranched alkanes of at least 4 members (excludes halogenated alkanes) is 11. The first-order chi connectivity index (χ1) is 12.2. The van der Waals surface area contributed by atoms with Gasteiger partial charge in [0.1, 0.15) is 0 Å². The van der Waals surface area contributed by atoms with Gasteiger partial charge in [-0.3, -0.25) is 14.9 Å². The second-order valence-electron chi connectivity index (χ2n) is 7.95. The van der Waals surface area contributed by atoms with Crippen LogP contribution in [0, 0.1) is 11.8 Å². The molecular formula is C22H41NO2. The second-order valence-corrected chi connectivity index (χ2v) is 7.95. The minimum Gasteiger partial charge on any atom is -0.296 e. The summed E-state index contributed by atoms with van der Waals surface area (Å²) < 4.78 is 0. The van der Waals surface area contributed by atoms with E-state index in [1.165, 1.54) is 77.0 Å². The minimum absolute atomic E-state index is 0.0193. The van der Waals surface area contributed by atoms with E-state index in [1.54, 1.807) is 0 Å². The maximum absolute atomic E-state index is 12.0. The Morgan fingerprint density at radius 2 is 1.24 bits per heavy atom. The summed E-state index contributed by atoms with van der Waals surface area (Å²) in [6, 6.07) is 0. The van der Waals surface area contributed by atoms with E-state index in [2.05, 4.69) is 19.2 Å². The van der Waals surface area contributed by atoms with Crippen LogP contribution in [0.3, 0.4) is 0 Å². The van der Waals surface area contributed by atoms with Crippen LogP contribution < -0.4 is 5.32 Å². The van der Waals surface area contributed by atoms with Crippen LogP contribution in [0.4, 0.5) is 0 Å². The van der Waals surface area contributed by atoms with E-state index in [1.807, 2.05) is 0 Å². The first kappa shape index (κ1) is 22.2. The van der Waals surface area contributed by atoms with Gasteiger partial charge in [0.25, 0.3) is 0 Å². The molecule has 1 aliphatic rings.